The molecule has 1 aliphatic heterocycles. The first-order chi connectivity index (χ1) is 12.0. The summed E-state index contributed by atoms with van der Waals surface area (Å²) in [6.45, 7) is 6.42. The highest BCUT2D eigenvalue weighted by Gasteiger charge is 2.26. The molecule has 2 aliphatic rings. The lowest BCUT2D eigenvalue weighted by Crippen LogP contribution is -2.48. The van der Waals surface area contributed by atoms with Crippen molar-refractivity contribution < 1.29 is 14.3 Å². The zero-order valence-corrected chi connectivity index (χ0v) is 15.0. The van der Waals surface area contributed by atoms with Crippen molar-refractivity contribution in [2.75, 3.05) is 19.6 Å². The first kappa shape index (κ1) is 17.7. The highest BCUT2D eigenvalue weighted by molar-refractivity contribution is 5.94. The fourth-order valence-corrected chi connectivity index (χ4v) is 3.10. The van der Waals surface area contributed by atoms with E-state index in [-0.39, 0.29) is 24.1 Å². The van der Waals surface area contributed by atoms with Crippen LogP contribution in [0.15, 0.2) is 24.3 Å². The van der Waals surface area contributed by atoms with Gasteiger partial charge in [0.1, 0.15) is 0 Å². The van der Waals surface area contributed by atoms with E-state index in [2.05, 4.69) is 10.6 Å². The Kier molecular flexibility index (Phi) is 5.58. The third kappa shape index (κ3) is 5.19. The Morgan fingerprint density at radius 2 is 1.72 bits per heavy atom. The Morgan fingerprint density at radius 1 is 1.08 bits per heavy atom. The predicted octanol–water partition coefficient (Wildman–Crippen LogP) is 2.15. The van der Waals surface area contributed by atoms with Gasteiger partial charge >= 0.3 is 6.03 Å². The third-order valence-corrected chi connectivity index (χ3v) is 4.61. The number of urea groups is 1. The van der Waals surface area contributed by atoms with Gasteiger partial charge in [0, 0.05) is 31.7 Å². The van der Waals surface area contributed by atoms with Crippen LogP contribution in [0.2, 0.25) is 0 Å². The fourth-order valence-electron chi connectivity index (χ4n) is 3.10. The van der Waals surface area contributed by atoms with Crippen LogP contribution in [0, 0.1) is 5.92 Å². The van der Waals surface area contributed by atoms with E-state index in [0.717, 1.165) is 12.1 Å². The quantitative estimate of drug-likeness (QED) is 0.859. The molecular formula is C19H27N3O3. The zero-order chi connectivity index (χ0) is 17.8. The van der Waals surface area contributed by atoms with Gasteiger partial charge in [-0.1, -0.05) is 12.1 Å². The molecule has 136 valence electrons. The van der Waals surface area contributed by atoms with Crippen LogP contribution in [-0.4, -0.2) is 48.7 Å². The number of rotatable bonds is 5. The second-order valence-corrected chi connectivity index (χ2v) is 7.17. The minimum atomic E-state index is -0.136. The molecule has 1 saturated carbocycles. The van der Waals surface area contributed by atoms with E-state index >= 15 is 0 Å². The number of nitrogens with one attached hydrogen (secondary N) is 2. The van der Waals surface area contributed by atoms with Crippen molar-refractivity contribution in [2.45, 2.75) is 45.4 Å². The van der Waals surface area contributed by atoms with E-state index in [0.29, 0.717) is 31.1 Å². The largest absolute Gasteiger partial charge is 0.372 e. The van der Waals surface area contributed by atoms with E-state index in [1.54, 1.807) is 0 Å². The first-order valence-corrected chi connectivity index (χ1v) is 9.06. The molecule has 1 saturated heterocycles. The lowest BCUT2D eigenvalue weighted by atomic mass is 10.1. The molecule has 3 rings (SSSR count). The van der Waals surface area contributed by atoms with E-state index < -0.39 is 0 Å². The van der Waals surface area contributed by atoms with Crippen LogP contribution in [0.3, 0.4) is 0 Å². The second-order valence-electron chi connectivity index (χ2n) is 7.17. The predicted molar refractivity (Wildman–Crippen MR) is 95.3 cm³/mol. The summed E-state index contributed by atoms with van der Waals surface area (Å²) in [6.07, 6.45) is 2.56. The van der Waals surface area contributed by atoms with Gasteiger partial charge in [0.15, 0.2) is 0 Å². The van der Waals surface area contributed by atoms with Gasteiger partial charge < -0.3 is 20.3 Å². The average Bonchev–Trinajstić information content (AvgIpc) is 3.41. The number of carbonyl (C=O) groups is 2. The van der Waals surface area contributed by atoms with Crippen molar-refractivity contribution in [1.29, 1.82) is 0 Å². The van der Waals surface area contributed by atoms with Crippen molar-refractivity contribution >= 4 is 11.9 Å². The molecule has 2 atom stereocenters. The van der Waals surface area contributed by atoms with Gasteiger partial charge in [0.2, 0.25) is 0 Å². The SMILES string of the molecule is C[C@@H]1CN(C(=O)c2ccc(CNC(=O)NCC3CC3)cc2)C[C@H](C)O1. The highest BCUT2D eigenvalue weighted by Crippen LogP contribution is 2.27. The number of ether oxygens (including phenoxy) is 1. The summed E-state index contributed by atoms with van der Waals surface area (Å²) in [5.41, 5.74) is 1.64. The number of hydrogen-bond donors (Lipinski definition) is 2. The number of benzene rings is 1. The normalized spacial score (nSPS) is 23.2. The number of carbonyl (C=O) groups excluding carboxylic acids is 2. The van der Waals surface area contributed by atoms with E-state index in [9.17, 15) is 9.59 Å². The first-order valence-electron chi connectivity index (χ1n) is 9.06. The Hall–Kier alpha value is -2.08. The molecule has 3 amide bonds. The minimum Gasteiger partial charge on any atom is -0.372 e. The summed E-state index contributed by atoms with van der Waals surface area (Å²) in [5, 5.41) is 5.72. The molecule has 1 aromatic rings. The van der Waals surface area contributed by atoms with Gasteiger partial charge in [-0.2, -0.15) is 0 Å². The molecule has 0 aromatic heterocycles. The molecule has 2 fully saturated rings. The molecule has 25 heavy (non-hydrogen) atoms. The summed E-state index contributed by atoms with van der Waals surface area (Å²) < 4.78 is 5.67. The Morgan fingerprint density at radius 3 is 2.32 bits per heavy atom. The summed E-state index contributed by atoms with van der Waals surface area (Å²) in [6, 6.07) is 7.30. The maximum Gasteiger partial charge on any atom is 0.315 e. The molecular weight excluding hydrogens is 318 g/mol. The van der Waals surface area contributed by atoms with Crippen LogP contribution < -0.4 is 10.6 Å². The van der Waals surface area contributed by atoms with Crippen LogP contribution in [0.25, 0.3) is 0 Å². The molecule has 1 aliphatic carbocycles. The number of morpholine rings is 1. The molecule has 6 heteroatoms. The fraction of sp³-hybridized carbons (Fsp3) is 0.579. The zero-order valence-electron chi connectivity index (χ0n) is 15.0. The highest BCUT2D eigenvalue weighted by atomic mass is 16.5. The van der Waals surface area contributed by atoms with Gasteiger partial charge in [0.25, 0.3) is 5.91 Å². The van der Waals surface area contributed by atoms with Gasteiger partial charge in [-0.05, 0) is 50.3 Å². The van der Waals surface area contributed by atoms with Crippen LogP contribution in [0.4, 0.5) is 4.79 Å². The number of nitrogens with zero attached hydrogens (tertiary/aromatic N) is 1. The lowest BCUT2D eigenvalue weighted by Gasteiger charge is -2.35. The Bertz CT molecular complexity index is 603. The monoisotopic (exact) mass is 345 g/mol. The molecule has 0 spiro atoms. The van der Waals surface area contributed by atoms with Gasteiger partial charge in [-0.3, -0.25) is 4.79 Å². The lowest BCUT2D eigenvalue weighted by molar-refractivity contribution is -0.0586. The van der Waals surface area contributed by atoms with E-state index in [1.807, 2.05) is 43.0 Å². The second kappa shape index (κ2) is 7.87. The number of hydrogen-bond acceptors (Lipinski definition) is 3. The third-order valence-electron chi connectivity index (χ3n) is 4.61. The van der Waals surface area contributed by atoms with Crippen molar-refractivity contribution in [3.8, 4) is 0 Å². The van der Waals surface area contributed by atoms with Crippen LogP contribution in [-0.2, 0) is 11.3 Å². The molecule has 1 aromatic carbocycles. The van der Waals surface area contributed by atoms with E-state index in [4.69, 9.17) is 4.74 Å². The summed E-state index contributed by atoms with van der Waals surface area (Å²) >= 11 is 0. The van der Waals surface area contributed by atoms with Crippen LogP contribution in [0.5, 0.6) is 0 Å². The van der Waals surface area contributed by atoms with E-state index in [1.165, 1.54) is 12.8 Å². The molecule has 0 unspecified atom stereocenters. The van der Waals surface area contributed by atoms with Crippen LogP contribution in [0.1, 0.15) is 42.6 Å². The number of amides is 3. The van der Waals surface area contributed by atoms with Crippen molar-refractivity contribution in [2.24, 2.45) is 5.92 Å². The Balaban J connectivity index is 1.49. The topological polar surface area (TPSA) is 70.7 Å². The van der Waals surface area contributed by atoms with Crippen molar-refractivity contribution in [3.05, 3.63) is 35.4 Å². The van der Waals surface area contributed by atoms with Gasteiger partial charge in [0.05, 0.1) is 12.2 Å². The average molecular weight is 345 g/mol. The van der Waals surface area contributed by atoms with Gasteiger partial charge in [-0.15, -0.1) is 0 Å². The van der Waals surface area contributed by atoms with Crippen molar-refractivity contribution in [1.82, 2.24) is 15.5 Å². The smallest absolute Gasteiger partial charge is 0.315 e. The molecule has 2 N–H and O–H groups in total. The Labute approximate surface area is 148 Å². The maximum atomic E-state index is 12.6. The summed E-state index contributed by atoms with van der Waals surface area (Å²) in [4.78, 5) is 26.2. The summed E-state index contributed by atoms with van der Waals surface area (Å²) in [5.74, 6) is 0.699. The summed E-state index contributed by atoms with van der Waals surface area (Å²) in [7, 11) is 0. The molecule has 0 bridgehead atoms. The molecule has 1 heterocycles. The maximum absolute atomic E-state index is 12.6. The van der Waals surface area contributed by atoms with Crippen molar-refractivity contribution in [3.63, 3.8) is 0 Å². The van der Waals surface area contributed by atoms with Crippen LogP contribution >= 0.6 is 0 Å². The minimum absolute atomic E-state index is 0.0312. The van der Waals surface area contributed by atoms with Gasteiger partial charge in [-0.25, -0.2) is 4.79 Å². The molecule has 0 radical (unpaired) electrons. The standard InChI is InChI=1S/C19H27N3O3/c1-13-11-22(12-14(2)25-13)18(23)17-7-5-16(6-8-17)10-21-19(24)20-9-15-3-4-15/h5-8,13-15H,3-4,9-12H2,1-2H3,(H2,20,21,24)/t13-,14+. The molecule has 6 nitrogen and oxygen atoms in total.